The number of carbonyl (C=O) groups excluding carboxylic acids is 3. The molecule has 0 aromatic heterocycles. The van der Waals surface area contributed by atoms with Gasteiger partial charge in [-0.15, -0.1) is 0 Å². The molecule has 2 aromatic carbocycles. The number of benzene rings is 2. The molecule has 0 radical (unpaired) electrons. The lowest BCUT2D eigenvalue weighted by Gasteiger charge is -2.45. The molecule has 0 unspecified atom stereocenters. The van der Waals surface area contributed by atoms with Gasteiger partial charge in [0.25, 0.3) is 5.91 Å². The van der Waals surface area contributed by atoms with E-state index in [9.17, 15) is 14.4 Å². The van der Waals surface area contributed by atoms with Crippen molar-refractivity contribution in [2.45, 2.75) is 33.2 Å². The molecule has 2 aromatic rings. The Morgan fingerprint density at radius 1 is 0.946 bits per heavy atom. The number of aryl methyl sites for hydroxylation is 2. The van der Waals surface area contributed by atoms with Gasteiger partial charge in [0.15, 0.2) is 0 Å². The van der Waals surface area contributed by atoms with Gasteiger partial charge in [-0.3, -0.25) is 9.69 Å². The van der Waals surface area contributed by atoms with E-state index in [4.69, 9.17) is 33.3 Å². The van der Waals surface area contributed by atoms with Crippen molar-refractivity contribution in [1.82, 2.24) is 0 Å². The highest BCUT2D eigenvalue weighted by atomic mass is 35.5. The van der Waals surface area contributed by atoms with Gasteiger partial charge in [0.1, 0.15) is 9.81 Å². The third-order valence-corrected chi connectivity index (χ3v) is 9.90. The van der Waals surface area contributed by atoms with Crippen molar-refractivity contribution in [1.29, 1.82) is 0 Å². The number of thioether (sulfide) groups is 2. The Bertz CT molecular complexity index is 1410. The van der Waals surface area contributed by atoms with Gasteiger partial charge in [0, 0.05) is 11.1 Å². The number of ether oxygens (including phenoxy) is 2. The first-order chi connectivity index (χ1) is 17.4. The summed E-state index contributed by atoms with van der Waals surface area (Å²) in [7, 11) is 2.52. The molecular weight excluding hydrogens is 550 g/mol. The number of carbonyl (C=O) groups is 3. The van der Waals surface area contributed by atoms with Gasteiger partial charge in [0.2, 0.25) is 0 Å². The predicted molar refractivity (Wildman–Crippen MR) is 154 cm³/mol. The molecule has 6 nitrogen and oxygen atoms in total. The summed E-state index contributed by atoms with van der Waals surface area (Å²) in [5.74, 6) is -1.54. The summed E-state index contributed by atoms with van der Waals surface area (Å²) >= 11 is 14.7. The zero-order valence-corrected chi connectivity index (χ0v) is 24.3. The lowest BCUT2D eigenvalue weighted by Crippen LogP contribution is -2.56. The molecule has 0 saturated heterocycles. The number of esters is 2. The summed E-state index contributed by atoms with van der Waals surface area (Å²) in [6, 6.07) is 10.9. The molecule has 2 heterocycles. The highest BCUT2D eigenvalue weighted by molar-refractivity contribution is 8.29. The van der Waals surface area contributed by atoms with Crippen LogP contribution in [0.1, 0.15) is 40.9 Å². The van der Waals surface area contributed by atoms with E-state index in [1.165, 1.54) is 14.2 Å². The van der Waals surface area contributed by atoms with E-state index in [1.54, 1.807) is 29.2 Å². The minimum Gasteiger partial charge on any atom is -0.465 e. The summed E-state index contributed by atoms with van der Waals surface area (Å²) in [5.41, 5.74) is 3.53. The molecule has 0 spiro atoms. The van der Waals surface area contributed by atoms with E-state index in [-0.39, 0.29) is 15.7 Å². The molecule has 4 rings (SSSR count). The quantitative estimate of drug-likeness (QED) is 0.235. The number of nitrogens with zero attached hydrogens (tertiary/aromatic N) is 1. The molecule has 1 amide bonds. The minimum atomic E-state index is -0.941. The number of methoxy groups -OCH3 is 2. The van der Waals surface area contributed by atoms with Gasteiger partial charge < -0.3 is 9.47 Å². The zero-order valence-electron chi connectivity index (χ0n) is 21.1. The highest BCUT2D eigenvalue weighted by Crippen LogP contribution is 2.56. The minimum absolute atomic E-state index is 0.141. The van der Waals surface area contributed by atoms with Crippen LogP contribution in [0.4, 0.5) is 5.69 Å². The second kappa shape index (κ2) is 10.3. The van der Waals surface area contributed by atoms with Crippen molar-refractivity contribution in [3.63, 3.8) is 0 Å². The van der Waals surface area contributed by atoms with Crippen LogP contribution in [-0.4, -0.2) is 42.5 Å². The highest BCUT2D eigenvalue weighted by Gasteiger charge is 2.46. The zero-order chi connectivity index (χ0) is 27.2. The third-order valence-electron chi connectivity index (χ3n) is 6.31. The van der Waals surface area contributed by atoms with E-state index in [0.29, 0.717) is 30.9 Å². The average Bonchev–Trinajstić information content (AvgIpc) is 3.30. The van der Waals surface area contributed by atoms with Crippen LogP contribution in [0.25, 0.3) is 5.57 Å². The molecule has 2 aliphatic rings. The van der Waals surface area contributed by atoms with Crippen LogP contribution in [0.2, 0.25) is 5.02 Å². The van der Waals surface area contributed by atoms with Gasteiger partial charge in [0.05, 0.1) is 45.1 Å². The number of halogens is 1. The molecule has 37 heavy (non-hydrogen) atoms. The van der Waals surface area contributed by atoms with Crippen LogP contribution in [0, 0.1) is 13.8 Å². The smallest absolute Gasteiger partial charge is 0.346 e. The maximum atomic E-state index is 14.0. The Kier molecular flexibility index (Phi) is 7.63. The Balaban J connectivity index is 1.97. The van der Waals surface area contributed by atoms with E-state index in [0.717, 1.165) is 40.2 Å². The number of thiocarbonyl (C=S) groups is 1. The van der Waals surface area contributed by atoms with Gasteiger partial charge in [-0.25, -0.2) is 9.59 Å². The van der Waals surface area contributed by atoms with Crippen molar-refractivity contribution in [2.24, 2.45) is 0 Å². The fourth-order valence-corrected chi connectivity index (χ4v) is 7.44. The normalized spacial score (nSPS) is 16.6. The lowest BCUT2D eigenvalue weighted by atomic mass is 9.81. The van der Waals surface area contributed by atoms with Crippen LogP contribution >= 0.6 is 47.3 Å². The molecule has 0 atom stereocenters. The second-order valence-electron chi connectivity index (χ2n) is 8.97. The largest absolute Gasteiger partial charge is 0.465 e. The monoisotopic (exact) mass is 573 g/mol. The fourth-order valence-electron chi connectivity index (χ4n) is 4.19. The van der Waals surface area contributed by atoms with Crippen LogP contribution in [0.3, 0.4) is 0 Å². The topological polar surface area (TPSA) is 72.9 Å². The van der Waals surface area contributed by atoms with E-state index in [1.807, 2.05) is 39.8 Å². The number of hydrogen-bond donors (Lipinski definition) is 0. The predicted octanol–water partition coefficient (Wildman–Crippen LogP) is 6.47. The van der Waals surface area contributed by atoms with Gasteiger partial charge >= 0.3 is 11.9 Å². The summed E-state index contributed by atoms with van der Waals surface area (Å²) in [6.45, 7) is 7.71. The lowest BCUT2D eigenvalue weighted by molar-refractivity contribution is -0.138. The van der Waals surface area contributed by atoms with Crippen LogP contribution in [-0.2, 0) is 19.1 Å². The number of fused-ring (bicyclic) bond motifs is 1. The number of rotatable bonds is 3. The first kappa shape index (κ1) is 27.4. The average molecular weight is 574 g/mol. The third kappa shape index (κ3) is 4.63. The molecule has 0 bridgehead atoms. The molecule has 10 heteroatoms. The van der Waals surface area contributed by atoms with Gasteiger partial charge in [-0.2, -0.15) is 0 Å². The summed E-state index contributed by atoms with van der Waals surface area (Å²) < 4.78 is 10.5. The SMILES string of the molecule is COC(=O)C1=C(C(=O)OC)SC(=C2C(=S)C(C)(C)N(C(=O)c3ccccc3Cl)c3cc(C)c(C)cc32)S1. The molecule has 2 aliphatic heterocycles. The van der Waals surface area contributed by atoms with Crippen molar-refractivity contribution < 1.29 is 23.9 Å². The van der Waals surface area contributed by atoms with Crippen LogP contribution in [0.5, 0.6) is 0 Å². The van der Waals surface area contributed by atoms with Gasteiger partial charge in [-0.05, 0) is 63.1 Å². The fraction of sp³-hybridized carbons (Fsp3) is 0.259. The molecule has 0 saturated carbocycles. The Morgan fingerprint density at radius 3 is 2.03 bits per heavy atom. The van der Waals surface area contributed by atoms with Crippen LogP contribution in [0.15, 0.2) is 50.4 Å². The van der Waals surface area contributed by atoms with Crippen molar-refractivity contribution in [2.75, 3.05) is 19.1 Å². The number of amides is 1. The maximum absolute atomic E-state index is 14.0. The first-order valence-electron chi connectivity index (χ1n) is 11.2. The maximum Gasteiger partial charge on any atom is 0.346 e. The second-order valence-corrected chi connectivity index (χ2v) is 12.1. The van der Waals surface area contributed by atoms with Crippen molar-refractivity contribution in [3.05, 3.63) is 77.7 Å². The number of anilines is 1. The standard InChI is InChI=1S/C27H24ClNO5S3/c1-13-11-16-18(12-14(13)2)29(23(30)15-9-7-8-10-17(15)28)27(3,4)22(35)19(16)26-36-20(24(31)33-5)21(37-26)25(32)34-6/h7-12H,1-6H3. The molecule has 0 fully saturated rings. The van der Waals surface area contributed by atoms with Gasteiger partial charge in [-0.1, -0.05) is 59.5 Å². The van der Waals surface area contributed by atoms with Crippen molar-refractivity contribution >= 4 is 81.3 Å². The molecule has 0 aliphatic carbocycles. The Labute approximate surface area is 234 Å². The number of hydrogen-bond acceptors (Lipinski definition) is 8. The van der Waals surface area contributed by atoms with E-state index in [2.05, 4.69) is 0 Å². The summed E-state index contributed by atoms with van der Waals surface area (Å²) in [6.07, 6.45) is 0. The summed E-state index contributed by atoms with van der Waals surface area (Å²) in [5, 5.41) is 0.347. The van der Waals surface area contributed by atoms with Crippen LogP contribution < -0.4 is 4.90 Å². The Morgan fingerprint density at radius 2 is 1.49 bits per heavy atom. The Hall–Kier alpha value is -2.59. The summed E-state index contributed by atoms with van der Waals surface area (Å²) in [4.78, 5) is 41.4. The first-order valence-corrected chi connectivity index (χ1v) is 13.6. The van der Waals surface area contributed by atoms with E-state index < -0.39 is 17.5 Å². The molecule has 192 valence electrons. The van der Waals surface area contributed by atoms with E-state index >= 15 is 0 Å². The van der Waals surface area contributed by atoms with Crippen molar-refractivity contribution in [3.8, 4) is 0 Å². The molecular formula is C27H24ClNO5S3. The molecule has 0 N–H and O–H groups in total.